The minimum Gasteiger partial charge on any atom is -0.478 e. The summed E-state index contributed by atoms with van der Waals surface area (Å²) < 4.78 is 14.3. The van der Waals surface area contributed by atoms with Gasteiger partial charge in [-0.15, -0.1) is 0 Å². The molecule has 9 heteroatoms. The Labute approximate surface area is 249 Å². The van der Waals surface area contributed by atoms with Gasteiger partial charge >= 0.3 is 5.97 Å². The fourth-order valence-electron chi connectivity index (χ4n) is 6.92. The summed E-state index contributed by atoms with van der Waals surface area (Å²) in [5.74, 6) is 0.431. The van der Waals surface area contributed by atoms with Crippen LogP contribution in [0.25, 0.3) is 22.2 Å². The number of hydrogen-bond acceptors (Lipinski definition) is 5. The van der Waals surface area contributed by atoms with Gasteiger partial charge in [-0.25, -0.2) is 4.79 Å². The lowest BCUT2D eigenvalue weighted by Gasteiger charge is -2.37. The SMILES string of the molecule is Cn1cc(C(=O)O)c2ccc(N3CCC4(CCC(OCc5c(-c6c(Cl)cccc6Cl)noc5C5CC5)CC4)C3)cc21. The average Bonchev–Trinajstić information content (AvgIpc) is 3.46. The van der Waals surface area contributed by atoms with Crippen LogP contribution >= 0.6 is 23.2 Å². The predicted molar refractivity (Wildman–Crippen MR) is 160 cm³/mol. The molecule has 1 saturated heterocycles. The molecule has 0 unspecified atom stereocenters. The van der Waals surface area contributed by atoms with Crippen LogP contribution in [0, 0.1) is 5.41 Å². The number of halogens is 2. The van der Waals surface area contributed by atoms with Gasteiger partial charge in [0.25, 0.3) is 0 Å². The third-order valence-electron chi connectivity index (χ3n) is 9.43. The number of benzene rings is 2. The van der Waals surface area contributed by atoms with E-state index in [1.54, 1.807) is 6.20 Å². The van der Waals surface area contributed by atoms with E-state index in [1.807, 2.05) is 35.9 Å². The molecule has 7 nitrogen and oxygen atoms in total. The van der Waals surface area contributed by atoms with Crippen LogP contribution in [0.5, 0.6) is 0 Å². The van der Waals surface area contributed by atoms with E-state index in [9.17, 15) is 9.90 Å². The minimum atomic E-state index is -0.890. The van der Waals surface area contributed by atoms with Crippen molar-refractivity contribution >= 4 is 45.8 Å². The summed E-state index contributed by atoms with van der Waals surface area (Å²) in [6, 6.07) is 11.7. The normalized spacial score (nSPS) is 22.7. The molecule has 7 rings (SSSR count). The number of anilines is 1. The zero-order chi connectivity index (χ0) is 28.3. The molecule has 2 aromatic heterocycles. The van der Waals surface area contributed by atoms with Crippen molar-refractivity contribution in [2.75, 3.05) is 18.0 Å². The van der Waals surface area contributed by atoms with Crippen LogP contribution in [0.15, 0.2) is 47.1 Å². The number of carbonyl (C=O) groups is 1. The summed E-state index contributed by atoms with van der Waals surface area (Å²) in [4.78, 5) is 14.1. The van der Waals surface area contributed by atoms with Crippen LogP contribution in [0.4, 0.5) is 5.69 Å². The number of fused-ring (bicyclic) bond motifs is 1. The summed E-state index contributed by atoms with van der Waals surface area (Å²) in [7, 11) is 1.91. The van der Waals surface area contributed by atoms with Crippen LogP contribution in [-0.4, -0.2) is 40.0 Å². The molecular weight excluding hydrogens is 561 g/mol. The highest BCUT2D eigenvalue weighted by Gasteiger charge is 2.42. The van der Waals surface area contributed by atoms with Crippen LogP contribution in [0.1, 0.15) is 72.5 Å². The summed E-state index contributed by atoms with van der Waals surface area (Å²) in [6.45, 7) is 2.49. The lowest BCUT2D eigenvalue weighted by atomic mass is 9.72. The highest BCUT2D eigenvalue weighted by molar-refractivity contribution is 6.39. The second-order valence-corrected chi connectivity index (χ2v) is 12.9. The molecule has 3 heterocycles. The Morgan fingerprint density at radius 3 is 2.59 bits per heavy atom. The molecule has 3 aliphatic rings. The first-order chi connectivity index (χ1) is 19.8. The molecule has 0 atom stereocenters. The third kappa shape index (κ3) is 4.92. The number of aromatic carboxylic acids is 1. The molecule has 0 bridgehead atoms. The number of ether oxygens (including phenoxy) is 1. The Kier molecular flexibility index (Phi) is 6.80. The summed E-state index contributed by atoms with van der Waals surface area (Å²) in [6.07, 6.45) is 9.59. The van der Waals surface area contributed by atoms with Gasteiger partial charge in [-0.3, -0.25) is 0 Å². The van der Waals surface area contributed by atoms with Crippen molar-refractivity contribution in [3.05, 3.63) is 69.5 Å². The number of carboxylic acid groups (broad SMARTS) is 1. The van der Waals surface area contributed by atoms with Gasteiger partial charge in [0.2, 0.25) is 0 Å². The lowest BCUT2D eigenvalue weighted by molar-refractivity contribution is -0.00883. The molecule has 1 aliphatic heterocycles. The van der Waals surface area contributed by atoms with Gasteiger partial charge in [0.15, 0.2) is 0 Å². The van der Waals surface area contributed by atoms with Crippen molar-refractivity contribution in [1.29, 1.82) is 0 Å². The fraction of sp³-hybridized carbons (Fsp3) is 0.438. The molecule has 3 fully saturated rings. The zero-order valence-corrected chi connectivity index (χ0v) is 24.5. The number of hydrogen-bond donors (Lipinski definition) is 1. The summed E-state index contributed by atoms with van der Waals surface area (Å²) in [5.41, 5.74) is 5.16. The molecule has 0 amide bonds. The zero-order valence-electron chi connectivity index (χ0n) is 23.0. The van der Waals surface area contributed by atoms with E-state index in [0.717, 1.165) is 85.9 Å². The molecule has 0 radical (unpaired) electrons. The molecule has 4 aromatic rings. The Morgan fingerprint density at radius 1 is 1.12 bits per heavy atom. The van der Waals surface area contributed by atoms with E-state index in [1.165, 1.54) is 0 Å². The molecular formula is C32H33Cl2N3O4. The number of nitrogens with zero attached hydrogens (tertiary/aromatic N) is 3. The predicted octanol–water partition coefficient (Wildman–Crippen LogP) is 8.07. The van der Waals surface area contributed by atoms with E-state index >= 15 is 0 Å². The lowest BCUT2D eigenvalue weighted by Crippen LogP contribution is -2.34. The standard InChI is InChI=1S/C32H33Cl2N3O4/c1-36-16-23(31(38)39)22-8-7-20(15-27(22)36)37-14-13-32(18-37)11-9-21(10-12-32)40-17-24-29(35-41-30(24)19-5-6-19)28-25(33)3-2-4-26(28)34/h2-4,7-8,15-16,19,21H,5-6,9-14,17-18H2,1H3,(H,38,39). The maximum Gasteiger partial charge on any atom is 0.337 e. The van der Waals surface area contributed by atoms with Crippen molar-refractivity contribution in [2.45, 2.75) is 63.6 Å². The number of aromatic nitrogens is 2. The smallest absolute Gasteiger partial charge is 0.337 e. The first kappa shape index (κ1) is 26.9. The molecule has 1 spiro atoms. The van der Waals surface area contributed by atoms with Gasteiger partial charge in [0.05, 0.1) is 33.8 Å². The fourth-order valence-corrected chi connectivity index (χ4v) is 7.50. The highest BCUT2D eigenvalue weighted by atomic mass is 35.5. The summed E-state index contributed by atoms with van der Waals surface area (Å²) >= 11 is 13.1. The average molecular weight is 595 g/mol. The highest BCUT2D eigenvalue weighted by Crippen LogP contribution is 2.48. The molecule has 2 aromatic carbocycles. The Morgan fingerprint density at radius 2 is 1.88 bits per heavy atom. The molecule has 2 saturated carbocycles. The van der Waals surface area contributed by atoms with Crippen LogP contribution in [-0.2, 0) is 18.4 Å². The van der Waals surface area contributed by atoms with E-state index in [0.29, 0.717) is 44.8 Å². The topological polar surface area (TPSA) is 80.7 Å². The van der Waals surface area contributed by atoms with Crippen molar-refractivity contribution in [3.63, 3.8) is 0 Å². The molecule has 214 valence electrons. The monoisotopic (exact) mass is 593 g/mol. The maximum atomic E-state index is 11.6. The Balaban J connectivity index is 1.02. The van der Waals surface area contributed by atoms with Crippen LogP contribution < -0.4 is 4.90 Å². The van der Waals surface area contributed by atoms with Crippen molar-refractivity contribution in [2.24, 2.45) is 12.5 Å². The Hall–Kier alpha value is -3.00. The van der Waals surface area contributed by atoms with E-state index in [2.05, 4.69) is 22.2 Å². The van der Waals surface area contributed by atoms with Crippen molar-refractivity contribution in [3.8, 4) is 11.3 Å². The van der Waals surface area contributed by atoms with Gasteiger partial charge in [-0.05, 0) is 80.7 Å². The van der Waals surface area contributed by atoms with Gasteiger partial charge in [0.1, 0.15) is 11.5 Å². The molecule has 2 aliphatic carbocycles. The quantitative estimate of drug-likeness (QED) is 0.233. The first-order valence-electron chi connectivity index (χ1n) is 14.4. The second kappa shape index (κ2) is 10.4. The Bertz CT molecular complexity index is 1610. The molecule has 41 heavy (non-hydrogen) atoms. The first-order valence-corrected chi connectivity index (χ1v) is 15.2. The molecule has 1 N–H and O–H groups in total. The number of aryl methyl sites for hydroxylation is 1. The number of carboxylic acids is 1. The van der Waals surface area contributed by atoms with E-state index < -0.39 is 5.97 Å². The van der Waals surface area contributed by atoms with Crippen molar-refractivity contribution < 1.29 is 19.2 Å². The minimum absolute atomic E-state index is 0.195. The second-order valence-electron chi connectivity index (χ2n) is 12.1. The van der Waals surface area contributed by atoms with E-state index in [4.69, 9.17) is 32.5 Å². The number of rotatable bonds is 7. The van der Waals surface area contributed by atoms with Crippen molar-refractivity contribution in [1.82, 2.24) is 9.72 Å². The largest absolute Gasteiger partial charge is 0.478 e. The van der Waals surface area contributed by atoms with Gasteiger partial charge < -0.3 is 23.8 Å². The van der Waals surface area contributed by atoms with E-state index in [-0.39, 0.29) is 6.10 Å². The van der Waals surface area contributed by atoms with Gasteiger partial charge in [-0.2, -0.15) is 0 Å². The van der Waals surface area contributed by atoms with Crippen LogP contribution in [0.3, 0.4) is 0 Å². The van der Waals surface area contributed by atoms with Gasteiger partial charge in [0, 0.05) is 54.5 Å². The third-order valence-corrected chi connectivity index (χ3v) is 10.1. The van der Waals surface area contributed by atoms with Crippen LogP contribution in [0.2, 0.25) is 10.0 Å². The van der Waals surface area contributed by atoms with Gasteiger partial charge in [-0.1, -0.05) is 34.4 Å². The maximum absolute atomic E-state index is 11.6. The summed E-state index contributed by atoms with van der Waals surface area (Å²) in [5, 5.41) is 15.8.